The summed E-state index contributed by atoms with van der Waals surface area (Å²) in [6.07, 6.45) is -3.11. The predicted octanol–water partition coefficient (Wildman–Crippen LogP) is -1.50. The van der Waals surface area contributed by atoms with Crippen molar-refractivity contribution in [3.05, 3.63) is 35.9 Å². The summed E-state index contributed by atoms with van der Waals surface area (Å²) in [4.78, 5) is 50.0. The quantitative estimate of drug-likeness (QED) is 0.242. The Kier molecular flexibility index (Phi) is 11.1. The molecule has 0 spiro atoms. The number of benzene rings is 1. The lowest BCUT2D eigenvalue weighted by atomic mass is 10.0. The van der Waals surface area contributed by atoms with E-state index in [1.54, 1.807) is 0 Å². The van der Waals surface area contributed by atoms with Gasteiger partial charge in [-0.2, -0.15) is 0 Å². The first kappa shape index (κ1) is 28.2. The smallest absolute Gasteiger partial charge is 0.245 e. The Hall–Kier alpha value is -3.02. The highest BCUT2D eigenvalue weighted by molar-refractivity contribution is 5.92. The van der Waals surface area contributed by atoms with Crippen LogP contribution in [-0.2, 0) is 25.6 Å². The molecule has 0 aliphatic carbocycles. The first-order valence-corrected chi connectivity index (χ1v) is 11.8. The van der Waals surface area contributed by atoms with Gasteiger partial charge in [-0.15, -0.1) is 0 Å². The molecule has 1 fully saturated rings. The van der Waals surface area contributed by atoms with Crippen LogP contribution in [0.1, 0.15) is 45.1 Å². The highest BCUT2D eigenvalue weighted by atomic mass is 16.3. The van der Waals surface area contributed by atoms with E-state index in [1.165, 1.54) is 13.8 Å². The Morgan fingerprint density at radius 3 is 2.51 bits per heavy atom. The van der Waals surface area contributed by atoms with Crippen molar-refractivity contribution < 1.29 is 34.5 Å². The van der Waals surface area contributed by atoms with Crippen molar-refractivity contribution >= 4 is 23.6 Å². The van der Waals surface area contributed by atoms with Gasteiger partial charge < -0.3 is 36.6 Å². The molecule has 11 heteroatoms. The summed E-state index contributed by atoms with van der Waals surface area (Å²) in [5, 5.41) is 40.8. The van der Waals surface area contributed by atoms with Crippen LogP contribution in [0.4, 0.5) is 0 Å². The van der Waals surface area contributed by atoms with Gasteiger partial charge >= 0.3 is 0 Å². The zero-order chi connectivity index (χ0) is 26.0. The monoisotopic (exact) mass is 492 g/mol. The SMILES string of the molecule is C[C@@H]1NC(=O)[C@@H](NC(=O)[C@@H](NC(=O)CCc2ccccc2)[C@@H](C)O)C[C@@H](O)CCNC(=O)C[C@H]1O. The lowest BCUT2D eigenvalue weighted by molar-refractivity contribution is -0.135. The van der Waals surface area contributed by atoms with Gasteiger partial charge in [0, 0.05) is 19.4 Å². The molecule has 0 unspecified atom stereocenters. The average molecular weight is 493 g/mol. The molecule has 6 atom stereocenters. The molecule has 7 N–H and O–H groups in total. The van der Waals surface area contributed by atoms with Crippen LogP contribution in [0.3, 0.4) is 0 Å². The third-order valence-electron chi connectivity index (χ3n) is 5.85. The molecule has 1 aliphatic heterocycles. The van der Waals surface area contributed by atoms with Gasteiger partial charge in [-0.05, 0) is 32.3 Å². The molecule has 1 saturated heterocycles. The van der Waals surface area contributed by atoms with E-state index in [-0.39, 0.29) is 32.2 Å². The summed E-state index contributed by atoms with van der Waals surface area (Å²) in [7, 11) is 0. The Balaban J connectivity index is 2.05. The van der Waals surface area contributed by atoms with Crippen molar-refractivity contribution in [3.8, 4) is 0 Å². The van der Waals surface area contributed by atoms with Crippen LogP contribution < -0.4 is 21.3 Å². The van der Waals surface area contributed by atoms with Gasteiger partial charge in [-0.1, -0.05) is 30.3 Å². The molecule has 0 aromatic heterocycles. The third kappa shape index (κ3) is 9.63. The van der Waals surface area contributed by atoms with Crippen LogP contribution in [0.25, 0.3) is 0 Å². The highest BCUT2D eigenvalue weighted by Crippen LogP contribution is 2.09. The van der Waals surface area contributed by atoms with E-state index in [0.29, 0.717) is 6.42 Å². The second kappa shape index (κ2) is 13.8. The maximum Gasteiger partial charge on any atom is 0.245 e. The molecule has 0 saturated carbocycles. The summed E-state index contributed by atoms with van der Waals surface area (Å²) >= 11 is 0. The van der Waals surface area contributed by atoms with Crippen LogP contribution in [0, 0.1) is 0 Å². The van der Waals surface area contributed by atoms with Gasteiger partial charge in [0.1, 0.15) is 12.1 Å². The number of hydrogen-bond acceptors (Lipinski definition) is 7. The topological polar surface area (TPSA) is 177 Å². The lowest BCUT2D eigenvalue weighted by Crippen LogP contribution is -2.59. The first-order chi connectivity index (χ1) is 16.6. The fourth-order valence-corrected chi connectivity index (χ4v) is 3.67. The van der Waals surface area contributed by atoms with E-state index in [2.05, 4.69) is 21.3 Å². The maximum atomic E-state index is 12.9. The van der Waals surface area contributed by atoms with Gasteiger partial charge in [-0.25, -0.2) is 0 Å². The molecule has 1 aromatic carbocycles. The first-order valence-electron chi connectivity index (χ1n) is 11.8. The number of carbonyl (C=O) groups is 4. The number of rotatable bonds is 7. The van der Waals surface area contributed by atoms with Crippen LogP contribution in [0.15, 0.2) is 30.3 Å². The van der Waals surface area contributed by atoms with Gasteiger partial charge in [0.2, 0.25) is 23.6 Å². The summed E-state index contributed by atoms with van der Waals surface area (Å²) in [5.74, 6) is -2.29. The molecule has 1 aromatic rings. The molecular formula is C24H36N4O7. The summed E-state index contributed by atoms with van der Waals surface area (Å²) in [5.41, 5.74) is 0.951. The minimum atomic E-state index is -1.31. The van der Waals surface area contributed by atoms with Crippen molar-refractivity contribution in [2.75, 3.05) is 6.54 Å². The van der Waals surface area contributed by atoms with E-state index in [9.17, 15) is 34.5 Å². The number of aliphatic hydroxyl groups excluding tert-OH is 3. The van der Waals surface area contributed by atoms with E-state index in [4.69, 9.17) is 0 Å². The number of hydrogen-bond donors (Lipinski definition) is 7. The lowest BCUT2D eigenvalue weighted by Gasteiger charge is -2.28. The van der Waals surface area contributed by atoms with Gasteiger partial charge in [-0.3, -0.25) is 19.2 Å². The fourth-order valence-electron chi connectivity index (χ4n) is 3.67. The molecule has 194 valence electrons. The second-order valence-corrected chi connectivity index (χ2v) is 8.93. The van der Waals surface area contributed by atoms with Crippen molar-refractivity contribution in [1.29, 1.82) is 0 Å². The number of nitrogens with one attached hydrogen (secondary N) is 4. The molecule has 2 rings (SSSR count). The molecule has 11 nitrogen and oxygen atoms in total. The molecule has 1 aliphatic rings. The standard InChI is InChI=1S/C24H36N4O7/c1-14-19(31)13-21(33)25-11-10-17(30)12-18(23(34)26-14)27-24(35)22(15(2)29)28-20(32)9-8-16-6-4-3-5-7-16/h3-7,14-15,17-19,22,29-31H,8-13H2,1-2H3,(H,25,33)(H,26,34)(H,27,35)(H,28,32)/t14-,15+,17-,18-,19+,22-/m0/s1. The van der Waals surface area contributed by atoms with Crippen LogP contribution in [0.2, 0.25) is 0 Å². The Morgan fingerprint density at radius 2 is 1.86 bits per heavy atom. The molecule has 1 heterocycles. The van der Waals surface area contributed by atoms with Crippen molar-refractivity contribution in [3.63, 3.8) is 0 Å². The molecule has 4 amide bonds. The molecule has 0 bridgehead atoms. The van der Waals surface area contributed by atoms with Gasteiger partial charge in [0.15, 0.2) is 0 Å². The zero-order valence-electron chi connectivity index (χ0n) is 20.1. The van der Waals surface area contributed by atoms with E-state index < -0.39 is 60.1 Å². The number of amides is 4. The fraction of sp³-hybridized carbons (Fsp3) is 0.583. The van der Waals surface area contributed by atoms with Crippen LogP contribution in [-0.4, -0.2) is 81.9 Å². The average Bonchev–Trinajstić information content (AvgIpc) is 2.80. The third-order valence-corrected chi connectivity index (χ3v) is 5.85. The van der Waals surface area contributed by atoms with Crippen LogP contribution >= 0.6 is 0 Å². The van der Waals surface area contributed by atoms with Crippen molar-refractivity contribution in [1.82, 2.24) is 21.3 Å². The minimum absolute atomic E-state index is 0.101. The number of carbonyl (C=O) groups excluding carboxylic acids is 4. The predicted molar refractivity (Wildman–Crippen MR) is 127 cm³/mol. The normalized spacial score (nSPS) is 25.6. The highest BCUT2D eigenvalue weighted by Gasteiger charge is 2.32. The van der Waals surface area contributed by atoms with Crippen molar-refractivity contribution in [2.45, 2.75) is 82.4 Å². The Morgan fingerprint density at radius 1 is 1.17 bits per heavy atom. The Bertz CT molecular complexity index is 865. The van der Waals surface area contributed by atoms with E-state index in [1.807, 2.05) is 30.3 Å². The molecule has 0 radical (unpaired) electrons. The molecular weight excluding hydrogens is 456 g/mol. The largest absolute Gasteiger partial charge is 0.393 e. The Labute approximate surface area is 204 Å². The second-order valence-electron chi connectivity index (χ2n) is 8.93. The van der Waals surface area contributed by atoms with Crippen molar-refractivity contribution in [2.24, 2.45) is 0 Å². The summed E-state index contributed by atoms with van der Waals surface area (Å²) in [6, 6.07) is 6.03. The van der Waals surface area contributed by atoms with E-state index >= 15 is 0 Å². The minimum Gasteiger partial charge on any atom is -0.393 e. The van der Waals surface area contributed by atoms with Gasteiger partial charge in [0.05, 0.1) is 30.8 Å². The maximum absolute atomic E-state index is 12.9. The van der Waals surface area contributed by atoms with Crippen LogP contribution in [0.5, 0.6) is 0 Å². The summed E-state index contributed by atoms with van der Waals surface area (Å²) < 4.78 is 0. The number of aliphatic hydroxyl groups is 3. The zero-order valence-corrected chi connectivity index (χ0v) is 20.1. The molecule has 35 heavy (non-hydrogen) atoms. The van der Waals surface area contributed by atoms with Gasteiger partial charge in [0.25, 0.3) is 0 Å². The van der Waals surface area contributed by atoms with E-state index in [0.717, 1.165) is 5.56 Å². The summed E-state index contributed by atoms with van der Waals surface area (Å²) in [6.45, 7) is 3.00. The number of aryl methyl sites for hydroxylation is 1.